The van der Waals surface area contributed by atoms with Gasteiger partial charge in [-0.2, -0.15) is 0 Å². The fourth-order valence-electron chi connectivity index (χ4n) is 1.26. The quantitative estimate of drug-likeness (QED) is 0.439. The van der Waals surface area contributed by atoms with Crippen LogP contribution >= 0.6 is 11.3 Å². The molecule has 0 atom stereocenters. The second-order valence-electron chi connectivity index (χ2n) is 3.51. The molecule has 0 aliphatic heterocycles. The Kier molecular flexibility index (Phi) is 5.77. The molecule has 0 aliphatic carbocycles. The molecule has 0 saturated carbocycles. The van der Waals surface area contributed by atoms with E-state index in [1.54, 1.807) is 6.07 Å². The fourth-order valence-corrected chi connectivity index (χ4v) is 1.94. The molecule has 0 N–H and O–H groups in total. The van der Waals surface area contributed by atoms with Crippen LogP contribution in [0.3, 0.4) is 0 Å². The van der Waals surface area contributed by atoms with E-state index in [-0.39, 0.29) is 5.00 Å². The molecule has 19 heavy (non-hydrogen) atoms. The van der Waals surface area contributed by atoms with Gasteiger partial charge >= 0.3 is 5.00 Å². The summed E-state index contributed by atoms with van der Waals surface area (Å²) in [5.41, 5.74) is 2.09. The van der Waals surface area contributed by atoms with Gasteiger partial charge in [-0.15, -0.1) is 0 Å². The summed E-state index contributed by atoms with van der Waals surface area (Å²) in [5, 5.41) is 10.6. The summed E-state index contributed by atoms with van der Waals surface area (Å²) in [6, 6.07) is 11.0. The molecule has 0 amide bonds. The molecule has 0 unspecified atom stereocenters. The first-order valence-electron chi connectivity index (χ1n) is 5.98. The maximum atomic E-state index is 10.5. The van der Waals surface area contributed by atoms with Crippen molar-refractivity contribution in [2.24, 2.45) is 0 Å². The van der Waals surface area contributed by atoms with E-state index in [9.17, 15) is 10.1 Å². The average molecular weight is 273 g/mol. The first kappa shape index (κ1) is 14.9. The number of rotatable bonds is 1. The van der Waals surface area contributed by atoms with E-state index in [4.69, 9.17) is 0 Å². The Hall–Kier alpha value is -2.12. The van der Waals surface area contributed by atoms with Gasteiger partial charge < -0.3 is 0 Å². The summed E-state index contributed by atoms with van der Waals surface area (Å²) >= 11 is 1.09. The summed E-state index contributed by atoms with van der Waals surface area (Å²) in [6.45, 7) is 6.01. The molecule has 4 heteroatoms. The maximum Gasteiger partial charge on any atom is 0.325 e. The topological polar surface area (TPSA) is 43.1 Å². The maximum absolute atomic E-state index is 10.5. The van der Waals surface area contributed by atoms with Crippen LogP contribution in [0.4, 0.5) is 5.00 Å². The number of hydrogen-bond donors (Lipinski definition) is 0. The van der Waals surface area contributed by atoms with E-state index in [0.717, 1.165) is 16.9 Å². The third kappa shape index (κ3) is 4.57. The molecule has 0 spiro atoms. The summed E-state index contributed by atoms with van der Waals surface area (Å²) in [5.74, 6) is 5.90. The average Bonchev–Trinajstić information content (AvgIpc) is 2.89. The van der Waals surface area contributed by atoms with Crippen LogP contribution in [0.15, 0.2) is 36.4 Å². The number of hydrogen-bond acceptors (Lipinski definition) is 3. The van der Waals surface area contributed by atoms with E-state index < -0.39 is 4.92 Å². The Balaban J connectivity index is 0.000000861. The van der Waals surface area contributed by atoms with E-state index >= 15 is 0 Å². The Labute approximate surface area is 117 Å². The van der Waals surface area contributed by atoms with Crippen LogP contribution < -0.4 is 0 Å². The molecular weight excluding hydrogens is 258 g/mol. The Bertz CT molecular complexity index is 603. The van der Waals surface area contributed by atoms with Crippen molar-refractivity contribution in [2.45, 2.75) is 20.8 Å². The molecule has 3 nitrogen and oxygen atoms in total. The SMILES string of the molecule is CC.Cc1ccc(C#Cc2ccc([N+](=O)[O-])s2)cc1. The minimum atomic E-state index is -0.401. The molecule has 2 rings (SSSR count). The highest BCUT2D eigenvalue weighted by Gasteiger charge is 2.07. The normalized spacial score (nSPS) is 8.79. The lowest BCUT2D eigenvalue weighted by Gasteiger charge is -1.90. The second kappa shape index (κ2) is 7.34. The number of nitrogens with zero attached hydrogens (tertiary/aromatic N) is 1. The number of benzene rings is 1. The van der Waals surface area contributed by atoms with Crippen LogP contribution in [0.5, 0.6) is 0 Å². The summed E-state index contributed by atoms with van der Waals surface area (Å²) < 4.78 is 0. The van der Waals surface area contributed by atoms with Gasteiger partial charge in [0.2, 0.25) is 0 Å². The molecule has 0 saturated heterocycles. The highest BCUT2D eigenvalue weighted by molar-refractivity contribution is 7.15. The molecule has 1 heterocycles. The van der Waals surface area contributed by atoms with Crippen molar-refractivity contribution in [1.82, 2.24) is 0 Å². The van der Waals surface area contributed by atoms with Gasteiger partial charge in [-0.1, -0.05) is 54.7 Å². The number of thiophene rings is 1. The molecule has 98 valence electrons. The van der Waals surface area contributed by atoms with E-state index in [1.807, 2.05) is 45.0 Å². The zero-order valence-corrected chi connectivity index (χ0v) is 12.0. The Morgan fingerprint density at radius 2 is 1.68 bits per heavy atom. The van der Waals surface area contributed by atoms with E-state index in [1.165, 1.54) is 11.6 Å². The van der Waals surface area contributed by atoms with Crippen molar-refractivity contribution < 1.29 is 4.92 Å². The monoisotopic (exact) mass is 273 g/mol. The number of aryl methyl sites for hydroxylation is 1. The van der Waals surface area contributed by atoms with Crippen LogP contribution in [0, 0.1) is 28.9 Å². The Morgan fingerprint density at radius 1 is 1.05 bits per heavy atom. The van der Waals surface area contributed by atoms with Crippen molar-refractivity contribution >= 4 is 16.3 Å². The van der Waals surface area contributed by atoms with Gasteiger partial charge in [-0.05, 0) is 25.1 Å². The van der Waals surface area contributed by atoms with Gasteiger partial charge in [0.15, 0.2) is 0 Å². The van der Waals surface area contributed by atoms with Gasteiger partial charge in [0.1, 0.15) is 0 Å². The standard InChI is InChI=1S/C13H9NO2S.C2H6/c1-10-2-4-11(5-3-10)6-7-12-8-9-13(17-12)14(15)16;1-2/h2-5,8-9H,1H3;1-2H3. The first-order valence-corrected chi connectivity index (χ1v) is 6.80. The van der Waals surface area contributed by atoms with Crippen LogP contribution in [0.2, 0.25) is 0 Å². The lowest BCUT2D eigenvalue weighted by Crippen LogP contribution is -1.80. The van der Waals surface area contributed by atoms with Crippen molar-refractivity contribution in [3.05, 3.63) is 62.5 Å². The lowest BCUT2D eigenvalue weighted by atomic mass is 10.1. The second-order valence-corrected chi connectivity index (χ2v) is 4.57. The molecule has 2 aromatic rings. The van der Waals surface area contributed by atoms with Gasteiger partial charge in [-0.25, -0.2) is 0 Å². The zero-order chi connectivity index (χ0) is 14.3. The molecule has 0 fully saturated rings. The Morgan fingerprint density at radius 3 is 2.21 bits per heavy atom. The minimum Gasteiger partial charge on any atom is -0.258 e. The smallest absolute Gasteiger partial charge is 0.258 e. The van der Waals surface area contributed by atoms with E-state index in [0.29, 0.717) is 4.88 Å². The molecule has 1 aromatic heterocycles. The van der Waals surface area contributed by atoms with Crippen LogP contribution in [-0.2, 0) is 0 Å². The predicted octanol–water partition coefficient (Wildman–Crippen LogP) is 4.39. The molecule has 1 aromatic carbocycles. The predicted molar refractivity (Wildman–Crippen MR) is 79.5 cm³/mol. The summed E-state index contributed by atoms with van der Waals surface area (Å²) in [4.78, 5) is 10.8. The fraction of sp³-hybridized carbons (Fsp3) is 0.200. The van der Waals surface area contributed by atoms with Gasteiger partial charge in [0, 0.05) is 11.6 Å². The van der Waals surface area contributed by atoms with Gasteiger partial charge in [0.25, 0.3) is 0 Å². The lowest BCUT2D eigenvalue weighted by molar-refractivity contribution is -0.380. The van der Waals surface area contributed by atoms with Crippen LogP contribution in [0.1, 0.15) is 29.9 Å². The summed E-state index contributed by atoms with van der Waals surface area (Å²) in [7, 11) is 0. The van der Waals surface area contributed by atoms with Crippen LogP contribution in [0.25, 0.3) is 0 Å². The third-order valence-corrected chi connectivity index (χ3v) is 3.11. The summed E-state index contributed by atoms with van der Waals surface area (Å²) in [6.07, 6.45) is 0. The third-order valence-electron chi connectivity index (χ3n) is 2.15. The van der Waals surface area contributed by atoms with Gasteiger partial charge in [-0.3, -0.25) is 10.1 Å². The highest BCUT2D eigenvalue weighted by atomic mass is 32.1. The molecule has 0 radical (unpaired) electrons. The largest absolute Gasteiger partial charge is 0.325 e. The highest BCUT2D eigenvalue weighted by Crippen LogP contribution is 2.22. The minimum absolute atomic E-state index is 0.123. The number of nitro groups is 1. The first-order chi connectivity index (χ1) is 9.15. The zero-order valence-electron chi connectivity index (χ0n) is 11.1. The molecular formula is C15H15NO2S. The van der Waals surface area contributed by atoms with Crippen molar-refractivity contribution in [1.29, 1.82) is 0 Å². The molecule has 0 aliphatic rings. The van der Waals surface area contributed by atoms with Crippen molar-refractivity contribution in [2.75, 3.05) is 0 Å². The van der Waals surface area contributed by atoms with Gasteiger partial charge in [0.05, 0.1) is 9.80 Å². The van der Waals surface area contributed by atoms with Crippen LogP contribution in [-0.4, -0.2) is 4.92 Å². The van der Waals surface area contributed by atoms with Crippen molar-refractivity contribution in [3.8, 4) is 11.8 Å². The molecule has 0 bridgehead atoms. The van der Waals surface area contributed by atoms with Crippen molar-refractivity contribution in [3.63, 3.8) is 0 Å². The van der Waals surface area contributed by atoms with E-state index in [2.05, 4.69) is 11.8 Å².